The van der Waals surface area contributed by atoms with Crippen LogP contribution in [0.2, 0.25) is 0 Å². The Hall–Kier alpha value is -0.860. The fraction of sp³-hybridized carbons (Fsp3) is 0.667. The topological polar surface area (TPSA) is 29.3 Å². The van der Waals surface area contributed by atoms with Gasteiger partial charge in [0, 0.05) is 11.6 Å². The Balaban J connectivity index is 1.75. The molecule has 3 rings (SSSR count). The van der Waals surface area contributed by atoms with E-state index in [1.54, 1.807) is 0 Å². The van der Waals surface area contributed by atoms with Gasteiger partial charge in [-0.25, -0.2) is 0 Å². The lowest BCUT2D eigenvalue weighted by molar-refractivity contribution is 0.0921. The van der Waals surface area contributed by atoms with E-state index in [0.29, 0.717) is 5.54 Å². The van der Waals surface area contributed by atoms with Crippen LogP contribution in [-0.2, 0) is 6.42 Å². The number of nitrogens with zero attached hydrogens (tertiary/aromatic N) is 1. The van der Waals surface area contributed by atoms with Gasteiger partial charge in [-0.05, 0) is 57.7 Å². The SMILES string of the molecule is Cc1ccc(CC(N)C2(N3CCCC3)CCCC2)cc1. The molecule has 1 saturated heterocycles. The summed E-state index contributed by atoms with van der Waals surface area (Å²) in [6, 6.07) is 9.20. The summed E-state index contributed by atoms with van der Waals surface area (Å²) >= 11 is 0. The highest BCUT2D eigenvalue weighted by Crippen LogP contribution is 2.40. The normalized spacial score (nSPS) is 24.1. The first-order valence-corrected chi connectivity index (χ1v) is 8.27. The average Bonchev–Trinajstić information content (AvgIpc) is 3.12. The number of likely N-dealkylation sites (tertiary alicyclic amines) is 1. The van der Waals surface area contributed by atoms with Crippen molar-refractivity contribution in [3.8, 4) is 0 Å². The van der Waals surface area contributed by atoms with Gasteiger partial charge in [-0.1, -0.05) is 42.7 Å². The molecule has 1 atom stereocenters. The minimum atomic E-state index is 0.283. The van der Waals surface area contributed by atoms with Crippen molar-refractivity contribution in [2.45, 2.75) is 63.5 Å². The Morgan fingerprint density at radius 2 is 1.65 bits per heavy atom. The molecule has 1 unspecified atom stereocenters. The van der Waals surface area contributed by atoms with Crippen molar-refractivity contribution in [2.75, 3.05) is 13.1 Å². The standard InChI is InChI=1S/C18H28N2/c1-15-6-8-16(9-7-15)14-17(19)18(10-2-3-11-18)20-12-4-5-13-20/h6-9,17H,2-5,10-14,19H2,1H3. The van der Waals surface area contributed by atoms with Gasteiger partial charge in [0.25, 0.3) is 0 Å². The highest BCUT2D eigenvalue weighted by molar-refractivity contribution is 5.23. The maximum Gasteiger partial charge on any atom is 0.0363 e. The third kappa shape index (κ3) is 2.64. The molecule has 1 heterocycles. The van der Waals surface area contributed by atoms with Crippen LogP contribution in [0.5, 0.6) is 0 Å². The first-order valence-electron chi connectivity index (χ1n) is 8.27. The van der Waals surface area contributed by atoms with Gasteiger partial charge >= 0.3 is 0 Å². The molecule has 0 bridgehead atoms. The van der Waals surface area contributed by atoms with Crippen molar-refractivity contribution in [3.63, 3.8) is 0 Å². The van der Waals surface area contributed by atoms with Crippen LogP contribution in [0.1, 0.15) is 49.7 Å². The predicted octanol–water partition coefficient (Wildman–Crippen LogP) is 3.27. The molecule has 2 heteroatoms. The maximum absolute atomic E-state index is 6.72. The van der Waals surface area contributed by atoms with Crippen LogP contribution < -0.4 is 5.73 Å². The second-order valence-corrected chi connectivity index (χ2v) is 6.80. The van der Waals surface area contributed by atoms with E-state index < -0.39 is 0 Å². The molecule has 0 radical (unpaired) electrons. The second kappa shape index (κ2) is 5.87. The Labute approximate surface area is 123 Å². The van der Waals surface area contributed by atoms with Gasteiger partial charge in [0.05, 0.1) is 0 Å². The van der Waals surface area contributed by atoms with E-state index in [9.17, 15) is 0 Å². The zero-order valence-corrected chi connectivity index (χ0v) is 12.8. The van der Waals surface area contributed by atoms with Crippen LogP contribution in [0.3, 0.4) is 0 Å². The first kappa shape index (κ1) is 14.1. The Bertz CT molecular complexity index is 425. The molecule has 0 amide bonds. The third-order valence-corrected chi connectivity index (χ3v) is 5.47. The van der Waals surface area contributed by atoms with Crippen LogP contribution in [-0.4, -0.2) is 29.6 Å². The van der Waals surface area contributed by atoms with Gasteiger partial charge < -0.3 is 5.73 Å². The summed E-state index contributed by atoms with van der Waals surface area (Å²) in [4.78, 5) is 2.72. The summed E-state index contributed by atoms with van der Waals surface area (Å²) in [6.07, 6.45) is 9.07. The van der Waals surface area contributed by atoms with Gasteiger partial charge in [-0.15, -0.1) is 0 Å². The molecule has 0 spiro atoms. The summed E-state index contributed by atoms with van der Waals surface area (Å²) in [6.45, 7) is 4.68. The van der Waals surface area contributed by atoms with Crippen molar-refractivity contribution in [2.24, 2.45) is 5.73 Å². The number of hydrogen-bond donors (Lipinski definition) is 1. The van der Waals surface area contributed by atoms with Gasteiger partial charge in [-0.2, -0.15) is 0 Å². The Morgan fingerprint density at radius 3 is 2.25 bits per heavy atom. The van der Waals surface area contributed by atoms with Crippen molar-refractivity contribution in [3.05, 3.63) is 35.4 Å². The number of rotatable bonds is 4. The minimum Gasteiger partial charge on any atom is -0.326 e. The monoisotopic (exact) mass is 272 g/mol. The average molecular weight is 272 g/mol. The van der Waals surface area contributed by atoms with E-state index in [2.05, 4.69) is 36.1 Å². The molecule has 2 aliphatic rings. The fourth-order valence-electron chi connectivity index (χ4n) is 4.24. The van der Waals surface area contributed by atoms with Crippen LogP contribution in [0.15, 0.2) is 24.3 Å². The first-order chi connectivity index (χ1) is 9.71. The van der Waals surface area contributed by atoms with Gasteiger partial charge in [0.2, 0.25) is 0 Å². The van der Waals surface area contributed by atoms with Crippen molar-refractivity contribution < 1.29 is 0 Å². The molecule has 1 aliphatic heterocycles. The lowest BCUT2D eigenvalue weighted by Gasteiger charge is -2.43. The number of aryl methyl sites for hydroxylation is 1. The number of hydrogen-bond acceptors (Lipinski definition) is 2. The van der Waals surface area contributed by atoms with Crippen LogP contribution in [0, 0.1) is 6.92 Å². The zero-order valence-electron chi connectivity index (χ0n) is 12.8. The van der Waals surface area contributed by atoms with Gasteiger partial charge in [-0.3, -0.25) is 4.90 Å². The smallest absolute Gasteiger partial charge is 0.0363 e. The molecule has 1 aromatic rings. The summed E-state index contributed by atoms with van der Waals surface area (Å²) < 4.78 is 0. The van der Waals surface area contributed by atoms with Crippen molar-refractivity contribution in [1.29, 1.82) is 0 Å². The van der Waals surface area contributed by atoms with E-state index in [4.69, 9.17) is 5.73 Å². The Morgan fingerprint density at radius 1 is 1.05 bits per heavy atom. The summed E-state index contributed by atoms with van der Waals surface area (Å²) in [7, 11) is 0. The summed E-state index contributed by atoms with van der Waals surface area (Å²) in [5.74, 6) is 0. The maximum atomic E-state index is 6.72. The second-order valence-electron chi connectivity index (χ2n) is 6.80. The van der Waals surface area contributed by atoms with Gasteiger partial charge in [0.15, 0.2) is 0 Å². The lowest BCUT2D eigenvalue weighted by atomic mass is 9.83. The van der Waals surface area contributed by atoms with Gasteiger partial charge in [0.1, 0.15) is 0 Å². The van der Waals surface area contributed by atoms with Crippen LogP contribution in [0.25, 0.3) is 0 Å². The molecular formula is C18H28N2. The minimum absolute atomic E-state index is 0.283. The predicted molar refractivity (Wildman–Crippen MR) is 84.9 cm³/mol. The van der Waals surface area contributed by atoms with Crippen molar-refractivity contribution >= 4 is 0 Å². The molecule has 110 valence electrons. The van der Waals surface area contributed by atoms with E-state index >= 15 is 0 Å². The van der Waals surface area contributed by atoms with Crippen LogP contribution in [0.4, 0.5) is 0 Å². The number of nitrogens with two attached hydrogens (primary N) is 1. The van der Waals surface area contributed by atoms with Crippen molar-refractivity contribution in [1.82, 2.24) is 4.90 Å². The number of benzene rings is 1. The quantitative estimate of drug-likeness (QED) is 0.911. The molecule has 20 heavy (non-hydrogen) atoms. The fourth-order valence-corrected chi connectivity index (χ4v) is 4.24. The zero-order chi connectivity index (χ0) is 14.0. The molecule has 2 nitrogen and oxygen atoms in total. The molecule has 0 aromatic heterocycles. The largest absolute Gasteiger partial charge is 0.326 e. The highest BCUT2D eigenvalue weighted by Gasteiger charge is 2.44. The molecule has 1 saturated carbocycles. The summed E-state index contributed by atoms with van der Waals surface area (Å²) in [5, 5.41) is 0. The van der Waals surface area contributed by atoms with E-state index in [0.717, 1.165) is 6.42 Å². The molecular weight excluding hydrogens is 244 g/mol. The Kier molecular flexibility index (Phi) is 4.13. The lowest BCUT2D eigenvalue weighted by Crippen LogP contribution is -2.58. The van der Waals surface area contributed by atoms with E-state index in [-0.39, 0.29) is 6.04 Å². The van der Waals surface area contributed by atoms with E-state index in [1.807, 2.05) is 0 Å². The molecule has 2 N–H and O–H groups in total. The highest BCUT2D eigenvalue weighted by atomic mass is 15.2. The third-order valence-electron chi connectivity index (χ3n) is 5.47. The van der Waals surface area contributed by atoms with E-state index in [1.165, 1.54) is 62.7 Å². The molecule has 1 aromatic carbocycles. The molecule has 1 aliphatic carbocycles. The summed E-state index contributed by atoms with van der Waals surface area (Å²) in [5.41, 5.74) is 9.74. The van der Waals surface area contributed by atoms with Crippen LogP contribution >= 0.6 is 0 Å². The molecule has 2 fully saturated rings.